The van der Waals surface area contributed by atoms with E-state index in [9.17, 15) is 5.11 Å². The van der Waals surface area contributed by atoms with E-state index in [1.54, 1.807) is 0 Å². The van der Waals surface area contributed by atoms with E-state index < -0.39 is 0 Å². The predicted molar refractivity (Wildman–Crippen MR) is 69.2 cm³/mol. The van der Waals surface area contributed by atoms with Crippen LogP contribution in [0.5, 0.6) is 5.75 Å². The van der Waals surface area contributed by atoms with Crippen LogP contribution in [-0.4, -0.2) is 18.7 Å². The summed E-state index contributed by atoms with van der Waals surface area (Å²) >= 11 is 0. The van der Waals surface area contributed by atoms with E-state index in [2.05, 4.69) is 39.1 Å². The van der Waals surface area contributed by atoms with Gasteiger partial charge in [-0.2, -0.15) is 0 Å². The van der Waals surface area contributed by atoms with Crippen LogP contribution in [0.3, 0.4) is 0 Å². The summed E-state index contributed by atoms with van der Waals surface area (Å²) in [6, 6.07) is 4.02. The van der Waals surface area contributed by atoms with Gasteiger partial charge in [0.15, 0.2) is 0 Å². The van der Waals surface area contributed by atoms with E-state index in [4.69, 9.17) is 0 Å². The molecule has 0 aliphatic rings. The number of likely N-dealkylation sites (N-methyl/N-ethyl adjacent to an activating group) is 1. The van der Waals surface area contributed by atoms with Crippen LogP contribution in [-0.2, 0) is 11.8 Å². The summed E-state index contributed by atoms with van der Waals surface area (Å²) in [5.74, 6) is 0.421. The van der Waals surface area contributed by atoms with Crippen molar-refractivity contribution in [2.24, 2.45) is 0 Å². The average molecular weight is 221 g/mol. The maximum atomic E-state index is 10.0. The molecule has 16 heavy (non-hydrogen) atoms. The normalized spacial score (nSPS) is 11.8. The zero-order valence-electron chi connectivity index (χ0n) is 11.0. The number of rotatable bonds is 3. The molecule has 0 spiro atoms. The third-order valence-electron chi connectivity index (χ3n) is 2.91. The second-order valence-corrected chi connectivity index (χ2v) is 5.40. The lowest BCUT2D eigenvalue weighted by Gasteiger charge is -2.22. The van der Waals surface area contributed by atoms with Crippen LogP contribution >= 0.6 is 0 Å². The van der Waals surface area contributed by atoms with Crippen LogP contribution in [0, 0.1) is 6.92 Å². The molecule has 0 atom stereocenters. The first-order chi connectivity index (χ1) is 7.36. The van der Waals surface area contributed by atoms with Crippen LogP contribution in [0.15, 0.2) is 12.1 Å². The van der Waals surface area contributed by atoms with Crippen molar-refractivity contribution >= 4 is 0 Å². The van der Waals surface area contributed by atoms with Gasteiger partial charge >= 0.3 is 0 Å². The fraction of sp³-hybridized carbons (Fsp3) is 0.571. The fourth-order valence-electron chi connectivity index (χ4n) is 1.87. The number of phenolic OH excluding ortho intramolecular Hbond substituents is 1. The van der Waals surface area contributed by atoms with E-state index >= 15 is 0 Å². The maximum Gasteiger partial charge on any atom is 0.119 e. The Balaban J connectivity index is 3.07. The molecule has 0 unspecified atom stereocenters. The molecule has 1 aromatic carbocycles. The molecule has 90 valence electrons. The van der Waals surface area contributed by atoms with Gasteiger partial charge in [0.1, 0.15) is 5.75 Å². The van der Waals surface area contributed by atoms with Gasteiger partial charge in [-0.25, -0.2) is 0 Å². The summed E-state index contributed by atoms with van der Waals surface area (Å²) in [5.41, 5.74) is 3.51. The molecular weight excluding hydrogens is 198 g/mol. The molecule has 0 saturated carbocycles. The standard InChI is InChI=1S/C14H23NO/c1-10-8-12(14(2,3)4)13(16)9-11(10)6-7-15-5/h8-9,15-16H,6-7H2,1-5H3. The highest BCUT2D eigenvalue weighted by Crippen LogP contribution is 2.32. The molecule has 0 radical (unpaired) electrons. The van der Waals surface area contributed by atoms with Gasteiger partial charge in [-0.15, -0.1) is 0 Å². The third-order valence-corrected chi connectivity index (χ3v) is 2.91. The molecule has 0 aromatic heterocycles. The smallest absolute Gasteiger partial charge is 0.119 e. The molecular formula is C14H23NO. The molecule has 0 fully saturated rings. The quantitative estimate of drug-likeness (QED) is 0.822. The van der Waals surface area contributed by atoms with Crippen LogP contribution < -0.4 is 5.32 Å². The lowest BCUT2D eigenvalue weighted by atomic mass is 9.84. The van der Waals surface area contributed by atoms with Gasteiger partial charge in [0.05, 0.1) is 0 Å². The highest BCUT2D eigenvalue weighted by molar-refractivity contribution is 5.44. The van der Waals surface area contributed by atoms with Crippen molar-refractivity contribution < 1.29 is 5.11 Å². The number of phenols is 1. The second-order valence-electron chi connectivity index (χ2n) is 5.40. The minimum atomic E-state index is -0.00359. The number of hydrogen-bond acceptors (Lipinski definition) is 2. The molecule has 2 heteroatoms. The van der Waals surface area contributed by atoms with Gasteiger partial charge in [-0.3, -0.25) is 0 Å². The van der Waals surface area contributed by atoms with Crippen molar-refractivity contribution in [1.29, 1.82) is 0 Å². The number of aryl methyl sites for hydroxylation is 1. The summed E-state index contributed by atoms with van der Waals surface area (Å²) in [5, 5.41) is 13.2. The van der Waals surface area contributed by atoms with E-state index in [0.717, 1.165) is 18.5 Å². The summed E-state index contributed by atoms with van der Waals surface area (Å²) in [6.45, 7) is 9.41. The highest BCUT2D eigenvalue weighted by Gasteiger charge is 2.19. The zero-order chi connectivity index (χ0) is 12.3. The molecule has 0 heterocycles. The first-order valence-corrected chi connectivity index (χ1v) is 5.84. The Morgan fingerprint density at radius 1 is 1.25 bits per heavy atom. The Morgan fingerprint density at radius 3 is 2.38 bits per heavy atom. The Morgan fingerprint density at radius 2 is 1.88 bits per heavy atom. The van der Waals surface area contributed by atoms with Crippen LogP contribution in [0.1, 0.15) is 37.5 Å². The summed E-state index contributed by atoms with van der Waals surface area (Å²) in [7, 11) is 1.94. The van der Waals surface area contributed by atoms with E-state index in [0.29, 0.717) is 5.75 Å². The number of hydrogen-bond donors (Lipinski definition) is 2. The highest BCUT2D eigenvalue weighted by atomic mass is 16.3. The number of benzene rings is 1. The van der Waals surface area contributed by atoms with Crippen molar-refractivity contribution in [2.45, 2.75) is 39.5 Å². The SMILES string of the molecule is CNCCc1cc(O)c(C(C)(C)C)cc1C. The Hall–Kier alpha value is -1.02. The maximum absolute atomic E-state index is 10.0. The molecule has 0 amide bonds. The molecule has 0 aliphatic heterocycles. The van der Waals surface area contributed by atoms with E-state index in [1.165, 1.54) is 11.1 Å². The summed E-state index contributed by atoms with van der Waals surface area (Å²) in [4.78, 5) is 0. The monoisotopic (exact) mass is 221 g/mol. The van der Waals surface area contributed by atoms with Crippen molar-refractivity contribution in [3.8, 4) is 5.75 Å². The Bertz CT molecular complexity index is 364. The van der Waals surface area contributed by atoms with E-state index in [1.807, 2.05) is 13.1 Å². The predicted octanol–water partition coefficient (Wildman–Crippen LogP) is 2.76. The Labute approximate surface area is 98.7 Å². The van der Waals surface area contributed by atoms with Crippen molar-refractivity contribution in [3.05, 3.63) is 28.8 Å². The van der Waals surface area contributed by atoms with Gasteiger partial charge in [-0.05, 0) is 55.1 Å². The minimum absolute atomic E-state index is 0.00359. The third kappa shape index (κ3) is 2.99. The van der Waals surface area contributed by atoms with E-state index in [-0.39, 0.29) is 5.41 Å². The Kier molecular flexibility index (Phi) is 3.98. The van der Waals surface area contributed by atoms with Crippen molar-refractivity contribution in [1.82, 2.24) is 5.32 Å². The lowest BCUT2D eigenvalue weighted by Crippen LogP contribution is -2.14. The van der Waals surface area contributed by atoms with Gasteiger partial charge < -0.3 is 10.4 Å². The number of aromatic hydroxyl groups is 1. The largest absolute Gasteiger partial charge is 0.508 e. The fourth-order valence-corrected chi connectivity index (χ4v) is 1.87. The molecule has 0 saturated heterocycles. The molecule has 0 aliphatic carbocycles. The first-order valence-electron chi connectivity index (χ1n) is 5.84. The molecule has 2 N–H and O–H groups in total. The average Bonchev–Trinajstić information content (AvgIpc) is 2.17. The van der Waals surface area contributed by atoms with Crippen molar-refractivity contribution in [2.75, 3.05) is 13.6 Å². The molecule has 2 nitrogen and oxygen atoms in total. The van der Waals surface area contributed by atoms with Crippen LogP contribution in [0.25, 0.3) is 0 Å². The minimum Gasteiger partial charge on any atom is -0.508 e. The molecule has 0 bridgehead atoms. The zero-order valence-corrected chi connectivity index (χ0v) is 11.0. The summed E-state index contributed by atoms with van der Waals surface area (Å²) < 4.78 is 0. The molecule has 1 aromatic rings. The van der Waals surface area contributed by atoms with Gasteiger partial charge in [0, 0.05) is 0 Å². The van der Waals surface area contributed by atoms with Crippen LogP contribution in [0.4, 0.5) is 0 Å². The first kappa shape index (κ1) is 13.0. The topological polar surface area (TPSA) is 32.3 Å². The van der Waals surface area contributed by atoms with Gasteiger partial charge in [0.25, 0.3) is 0 Å². The van der Waals surface area contributed by atoms with Crippen molar-refractivity contribution in [3.63, 3.8) is 0 Å². The summed E-state index contributed by atoms with van der Waals surface area (Å²) in [6.07, 6.45) is 0.959. The lowest BCUT2D eigenvalue weighted by molar-refractivity contribution is 0.445. The second kappa shape index (κ2) is 4.88. The van der Waals surface area contributed by atoms with Crippen LogP contribution in [0.2, 0.25) is 0 Å². The molecule has 1 rings (SSSR count). The number of nitrogens with one attached hydrogen (secondary N) is 1. The van der Waals surface area contributed by atoms with Gasteiger partial charge in [0.2, 0.25) is 0 Å². The van der Waals surface area contributed by atoms with Gasteiger partial charge in [-0.1, -0.05) is 26.8 Å².